The number of rotatable bonds is 6. The molecule has 18 heavy (non-hydrogen) atoms. The van der Waals surface area contributed by atoms with E-state index in [1.807, 2.05) is 0 Å². The monoisotopic (exact) mass is 258 g/mol. The van der Waals surface area contributed by atoms with E-state index in [1.165, 1.54) is 27.7 Å². The van der Waals surface area contributed by atoms with Crippen LogP contribution < -0.4 is 0 Å². The Kier molecular flexibility index (Phi) is 5.10. The molecule has 0 radical (unpaired) electrons. The van der Waals surface area contributed by atoms with Crippen LogP contribution in [0.2, 0.25) is 0 Å². The van der Waals surface area contributed by atoms with E-state index in [-0.39, 0.29) is 6.10 Å². The highest BCUT2D eigenvalue weighted by Crippen LogP contribution is 2.21. The van der Waals surface area contributed by atoms with Crippen LogP contribution in [0.4, 0.5) is 0 Å². The molecule has 0 fully saturated rings. The van der Waals surface area contributed by atoms with Gasteiger partial charge in [-0.15, -0.1) is 0 Å². The molecular formula is C13H22O5. The smallest absolute Gasteiger partial charge is 0.347 e. The fourth-order valence-corrected chi connectivity index (χ4v) is 0.989. The summed E-state index contributed by atoms with van der Waals surface area (Å²) in [4.78, 5) is 22.8. The van der Waals surface area contributed by atoms with Crippen LogP contribution in [0.5, 0.6) is 0 Å². The summed E-state index contributed by atoms with van der Waals surface area (Å²) in [5.74, 6) is -1.93. The Morgan fingerprint density at radius 1 is 1.17 bits per heavy atom. The van der Waals surface area contributed by atoms with E-state index < -0.39 is 23.1 Å². The van der Waals surface area contributed by atoms with Crippen LogP contribution in [0.1, 0.15) is 41.5 Å². The first kappa shape index (κ1) is 16.6. The highest BCUT2D eigenvalue weighted by atomic mass is 16.6. The molecule has 0 aliphatic heterocycles. The summed E-state index contributed by atoms with van der Waals surface area (Å²) in [5, 5.41) is 8.89. The van der Waals surface area contributed by atoms with Crippen molar-refractivity contribution in [2.75, 3.05) is 0 Å². The second-order valence-corrected chi connectivity index (χ2v) is 5.32. The molecule has 0 heterocycles. The van der Waals surface area contributed by atoms with Crippen LogP contribution in [0.25, 0.3) is 0 Å². The first-order valence-corrected chi connectivity index (χ1v) is 5.70. The van der Waals surface area contributed by atoms with Gasteiger partial charge in [-0.25, -0.2) is 9.59 Å². The Bertz CT molecular complexity index is 354. The van der Waals surface area contributed by atoms with Crippen LogP contribution in [-0.4, -0.2) is 34.4 Å². The molecule has 5 nitrogen and oxygen atoms in total. The lowest BCUT2D eigenvalue weighted by molar-refractivity contribution is -0.192. The van der Waals surface area contributed by atoms with Crippen LogP contribution in [0.3, 0.4) is 0 Å². The van der Waals surface area contributed by atoms with Crippen LogP contribution in [0.15, 0.2) is 12.2 Å². The van der Waals surface area contributed by atoms with Crippen molar-refractivity contribution in [3.05, 3.63) is 12.2 Å². The minimum absolute atomic E-state index is 0.319. The van der Waals surface area contributed by atoms with E-state index in [4.69, 9.17) is 14.6 Å². The fourth-order valence-electron chi connectivity index (χ4n) is 0.989. The molecule has 0 aliphatic rings. The van der Waals surface area contributed by atoms with Crippen molar-refractivity contribution in [1.29, 1.82) is 0 Å². The second-order valence-electron chi connectivity index (χ2n) is 5.32. The molecule has 1 atom stereocenters. The van der Waals surface area contributed by atoms with Crippen LogP contribution in [0, 0.1) is 0 Å². The highest BCUT2D eigenvalue weighted by molar-refractivity contribution is 5.84. The molecule has 0 saturated heterocycles. The standard InChI is InChI=1S/C13H22O5/c1-8(2)9(3)17-13(6,7)11(16)18-12(4,5)10(14)15/h9H,1H2,2-7H3,(H,14,15). The zero-order valence-corrected chi connectivity index (χ0v) is 11.9. The van der Waals surface area contributed by atoms with Gasteiger partial charge in [0.1, 0.15) is 0 Å². The lowest BCUT2D eigenvalue weighted by Crippen LogP contribution is -2.46. The summed E-state index contributed by atoms with van der Waals surface area (Å²) in [6, 6.07) is 0. The topological polar surface area (TPSA) is 72.8 Å². The molecule has 0 aromatic carbocycles. The van der Waals surface area contributed by atoms with Crippen molar-refractivity contribution in [1.82, 2.24) is 0 Å². The number of carbonyl (C=O) groups is 2. The largest absolute Gasteiger partial charge is 0.478 e. The van der Waals surface area contributed by atoms with Crippen LogP contribution >= 0.6 is 0 Å². The molecule has 0 aromatic rings. The molecule has 0 amide bonds. The molecule has 1 N–H and O–H groups in total. The van der Waals surface area contributed by atoms with Gasteiger partial charge in [0, 0.05) is 0 Å². The van der Waals surface area contributed by atoms with Crippen molar-refractivity contribution >= 4 is 11.9 Å². The van der Waals surface area contributed by atoms with Crippen molar-refractivity contribution in [3.63, 3.8) is 0 Å². The molecule has 0 aliphatic carbocycles. The first-order chi connectivity index (χ1) is 7.90. The van der Waals surface area contributed by atoms with E-state index in [2.05, 4.69) is 6.58 Å². The number of hydrogen-bond acceptors (Lipinski definition) is 4. The number of ether oxygens (including phenoxy) is 2. The predicted octanol–water partition coefficient (Wildman–Crippen LogP) is 2.15. The average Bonchev–Trinajstić information content (AvgIpc) is 2.15. The maximum atomic E-state index is 11.9. The third kappa shape index (κ3) is 4.49. The Balaban J connectivity index is 4.77. The molecule has 0 saturated carbocycles. The second kappa shape index (κ2) is 5.52. The summed E-state index contributed by atoms with van der Waals surface area (Å²) in [6.07, 6.45) is -0.319. The highest BCUT2D eigenvalue weighted by Gasteiger charge is 2.39. The third-order valence-corrected chi connectivity index (χ3v) is 2.52. The summed E-state index contributed by atoms with van der Waals surface area (Å²) < 4.78 is 10.5. The summed E-state index contributed by atoms with van der Waals surface area (Å²) >= 11 is 0. The predicted molar refractivity (Wildman–Crippen MR) is 67.2 cm³/mol. The van der Waals surface area contributed by atoms with Gasteiger partial charge in [-0.2, -0.15) is 0 Å². The molecular weight excluding hydrogens is 236 g/mol. The van der Waals surface area contributed by atoms with Gasteiger partial charge in [-0.1, -0.05) is 12.2 Å². The molecule has 0 spiro atoms. The number of hydrogen-bond donors (Lipinski definition) is 1. The van der Waals surface area contributed by atoms with Gasteiger partial charge in [0.25, 0.3) is 0 Å². The zero-order chi connectivity index (χ0) is 14.7. The first-order valence-electron chi connectivity index (χ1n) is 5.70. The lowest BCUT2D eigenvalue weighted by Gasteiger charge is -2.30. The average molecular weight is 258 g/mol. The summed E-state index contributed by atoms with van der Waals surface area (Å²) in [6.45, 7) is 13.0. The van der Waals surface area contributed by atoms with E-state index in [0.717, 1.165) is 5.57 Å². The Hall–Kier alpha value is -1.36. The van der Waals surface area contributed by atoms with Gasteiger partial charge in [0.2, 0.25) is 5.60 Å². The fraction of sp³-hybridized carbons (Fsp3) is 0.692. The Morgan fingerprint density at radius 3 is 1.94 bits per heavy atom. The van der Waals surface area contributed by atoms with E-state index >= 15 is 0 Å². The maximum Gasteiger partial charge on any atom is 0.347 e. The van der Waals surface area contributed by atoms with Crippen LogP contribution in [-0.2, 0) is 19.1 Å². The number of carbonyl (C=O) groups excluding carboxylic acids is 1. The molecule has 0 aromatic heterocycles. The summed E-state index contributed by atoms with van der Waals surface area (Å²) in [5.41, 5.74) is -2.04. The third-order valence-electron chi connectivity index (χ3n) is 2.52. The number of aliphatic carboxylic acids is 1. The van der Waals surface area contributed by atoms with E-state index in [9.17, 15) is 9.59 Å². The molecule has 104 valence electrons. The molecule has 1 unspecified atom stereocenters. The van der Waals surface area contributed by atoms with Gasteiger partial charge in [-0.3, -0.25) is 0 Å². The van der Waals surface area contributed by atoms with Gasteiger partial charge in [-0.05, 0) is 41.5 Å². The molecule has 5 heteroatoms. The molecule has 0 bridgehead atoms. The quantitative estimate of drug-likeness (QED) is 0.583. The normalized spacial score (nSPS) is 13.9. The number of carboxylic acids is 1. The summed E-state index contributed by atoms with van der Waals surface area (Å²) in [7, 11) is 0. The van der Waals surface area contributed by atoms with Crippen molar-refractivity contribution in [3.8, 4) is 0 Å². The minimum atomic E-state index is -1.58. The number of carboxylic acid groups (broad SMARTS) is 1. The van der Waals surface area contributed by atoms with Gasteiger partial charge in [0.15, 0.2) is 5.60 Å². The zero-order valence-electron chi connectivity index (χ0n) is 11.9. The Morgan fingerprint density at radius 2 is 1.61 bits per heavy atom. The minimum Gasteiger partial charge on any atom is -0.478 e. The molecule has 0 rings (SSSR count). The van der Waals surface area contributed by atoms with E-state index in [1.54, 1.807) is 13.8 Å². The van der Waals surface area contributed by atoms with E-state index in [0.29, 0.717) is 0 Å². The van der Waals surface area contributed by atoms with Gasteiger partial charge in [0.05, 0.1) is 6.10 Å². The van der Waals surface area contributed by atoms with Crippen molar-refractivity contribution in [2.24, 2.45) is 0 Å². The maximum absolute atomic E-state index is 11.9. The van der Waals surface area contributed by atoms with Gasteiger partial charge < -0.3 is 14.6 Å². The Labute approximate surface area is 108 Å². The van der Waals surface area contributed by atoms with Crippen molar-refractivity contribution < 1.29 is 24.2 Å². The SMILES string of the molecule is C=C(C)C(C)OC(C)(C)C(=O)OC(C)(C)C(=O)O. The van der Waals surface area contributed by atoms with Crippen molar-refractivity contribution in [2.45, 2.75) is 58.8 Å². The lowest BCUT2D eigenvalue weighted by atomic mass is 10.1. The van der Waals surface area contributed by atoms with Gasteiger partial charge >= 0.3 is 11.9 Å². The number of esters is 1.